The number of terminal acetylenes is 1. The van der Waals surface area contributed by atoms with Gasteiger partial charge in [0.15, 0.2) is 5.78 Å². The second kappa shape index (κ2) is 7.18. The van der Waals surface area contributed by atoms with E-state index < -0.39 is 6.10 Å². The molecule has 2 unspecified atom stereocenters. The van der Waals surface area contributed by atoms with E-state index in [9.17, 15) is 9.90 Å². The summed E-state index contributed by atoms with van der Waals surface area (Å²) in [6.45, 7) is 11.1. The molecule has 0 spiro atoms. The van der Waals surface area contributed by atoms with Crippen LogP contribution < -0.4 is 0 Å². The highest BCUT2D eigenvalue weighted by molar-refractivity contribution is 5.80. The molecule has 5 atom stereocenters. The molecule has 2 fully saturated rings. The van der Waals surface area contributed by atoms with Gasteiger partial charge in [-0.15, -0.1) is 12.8 Å². The predicted molar refractivity (Wildman–Crippen MR) is 92.3 cm³/mol. The zero-order chi connectivity index (χ0) is 17.1. The van der Waals surface area contributed by atoms with E-state index >= 15 is 0 Å². The SMILES string of the molecule is C#C.CC(=O)C(O)C[C@H]1[C@@H](C)CCC2C(C)(C)CCC[C@@]21C. The molecule has 0 heterocycles. The van der Waals surface area contributed by atoms with E-state index in [1.807, 2.05) is 0 Å². The molecule has 126 valence electrons. The van der Waals surface area contributed by atoms with E-state index in [4.69, 9.17) is 0 Å². The summed E-state index contributed by atoms with van der Waals surface area (Å²) in [6.07, 6.45) is 14.3. The molecule has 2 nitrogen and oxygen atoms in total. The van der Waals surface area contributed by atoms with Gasteiger partial charge in [-0.2, -0.15) is 0 Å². The van der Waals surface area contributed by atoms with Crippen molar-refractivity contribution in [2.75, 3.05) is 0 Å². The highest BCUT2D eigenvalue weighted by Crippen LogP contribution is 2.61. The van der Waals surface area contributed by atoms with E-state index in [1.165, 1.54) is 39.0 Å². The van der Waals surface area contributed by atoms with Crippen molar-refractivity contribution < 1.29 is 9.90 Å². The number of hydrogen-bond donors (Lipinski definition) is 1. The standard InChI is InChI=1S/C18H32O2.C2H2/c1-12-7-8-16-17(3,4)9-6-10-18(16,5)14(12)11-15(20)13(2)19;1-2/h12,14-16,20H,6-11H2,1-5H3;1-2H/t12-,14-,15?,16?,18+;/m0./s1. The number of hydrogen-bond acceptors (Lipinski definition) is 2. The fourth-order valence-electron chi connectivity index (χ4n) is 5.52. The van der Waals surface area contributed by atoms with Gasteiger partial charge >= 0.3 is 0 Å². The van der Waals surface area contributed by atoms with Crippen LogP contribution in [-0.2, 0) is 4.79 Å². The maximum absolute atomic E-state index is 11.5. The zero-order valence-corrected chi connectivity index (χ0v) is 15.1. The number of carbonyl (C=O) groups is 1. The number of carbonyl (C=O) groups excluding carboxylic acids is 1. The van der Waals surface area contributed by atoms with E-state index in [0.717, 1.165) is 5.92 Å². The molecule has 2 aliphatic rings. The highest BCUT2D eigenvalue weighted by atomic mass is 16.3. The average Bonchev–Trinajstić information content (AvgIpc) is 2.43. The largest absolute Gasteiger partial charge is 0.385 e. The molecule has 22 heavy (non-hydrogen) atoms. The molecule has 0 saturated heterocycles. The molecule has 2 rings (SSSR count). The molecule has 2 heteroatoms. The van der Waals surface area contributed by atoms with Crippen LogP contribution in [0.2, 0.25) is 0 Å². The van der Waals surface area contributed by atoms with Crippen molar-refractivity contribution in [1.29, 1.82) is 0 Å². The van der Waals surface area contributed by atoms with Crippen molar-refractivity contribution in [3.05, 3.63) is 0 Å². The topological polar surface area (TPSA) is 37.3 Å². The van der Waals surface area contributed by atoms with Crippen LogP contribution in [0, 0.1) is 41.4 Å². The van der Waals surface area contributed by atoms with Gasteiger partial charge in [-0.3, -0.25) is 4.79 Å². The Balaban J connectivity index is 0.00000116. The maximum atomic E-state index is 11.5. The molecule has 0 aliphatic heterocycles. The zero-order valence-electron chi connectivity index (χ0n) is 15.1. The molecular weight excluding hydrogens is 272 g/mol. The minimum atomic E-state index is -0.761. The molecule has 2 aliphatic carbocycles. The highest BCUT2D eigenvalue weighted by Gasteiger charge is 2.53. The van der Waals surface area contributed by atoms with Crippen LogP contribution in [0.3, 0.4) is 0 Å². The molecule has 0 aromatic carbocycles. The molecule has 0 aromatic rings. The minimum absolute atomic E-state index is 0.0713. The summed E-state index contributed by atoms with van der Waals surface area (Å²) in [5.74, 6) is 1.78. The minimum Gasteiger partial charge on any atom is -0.385 e. The van der Waals surface area contributed by atoms with E-state index in [1.54, 1.807) is 0 Å². The van der Waals surface area contributed by atoms with Crippen LogP contribution in [0.5, 0.6) is 0 Å². The number of aliphatic hydroxyl groups is 1. The Bertz CT molecular complexity index is 409. The van der Waals surface area contributed by atoms with Crippen LogP contribution in [-0.4, -0.2) is 17.0 Å². The summed E-state index contributed by atoms with van der Waals surface area (Å²) in [4.78, 5) is 11.5. The Kier molecular flexibility index (Phi) is 6.27. The fourth-order valence-corrected chi connectivity index (χ4v) is 5.52. The summed E-state index contributed by atoms with van der Waals surface area (Å²) < 4.78 is 0. The second-order valence-electron chi connectivity index (χ2n) is 8.42. The number of aliphatic hydroxyl groups excluding tert-OH is 1. The third kappa shape index (κ3) is 3.57. The Morgan fingerprint density at radius 1 is 1.23 bits per heavy atom. The Labute approximate surface area is 137 Å². The Morgan fingerprint density at radius 3 is 2.36 bits per heavy atom. The van der Waals surface area contributed by atoms with Crippen molar-refractivity contribution in [2.24, 2.45) is 28.6 Å². The molecule has 0 radical (unpaired) electrons. The van der Waals surface area contributed by atoms with Crippen LogP contribution >= 0.6 is 0 Å². The average molecular weight is 306 g/mol. The van der Waals surface area contributed by atoms with Gasteiger partial charge in [-0.25, -0.2) is 0 Å². The number of Topliss-reactive ketones (excluding diaryl/α,β-unsaturated/α-hetero) is 1. The van der Waals surface area contributed by atoms with Gasteiger partial charge in [-0.1, -0.05) is 40.5 Å². The summed E-state index contributed by atoms with van der Waals surface area (Å²) in [7, 11) is 0. The van der Waals surface area contributed by atoms with Crippen LogP contribution in [0.15, 0.2) is 0 Å². The van der Waals surface area contributed by atoms with Crippen molar-refractivity contribution in [2.45, 2.75) is 79.2 Å². The Hall–Kier alpha value is -0.810. The van der Waals surface area contributed by atoms with Crippen molar-refractivity contribution >= 4 is 5.78 Å². The quantitative estimate of drug-likeness (QED) is 0.782. The summed E-state index contributed by atoms with van der Waals surface area (Å²) in [5, 5.41) is 10.1. The van der Waals surface area contributed by atoms with E-state index in [2.05, 4.69) is 40.5 Å². The lowest BCUT2D eigenvalue weighted by molar-refractivity contribution is -0.132. The summed E-state index contributed by atoms with van der Waals surface area (Å²) in [6, 6.07) is 0. The van der Waals surface area contributed by atoms with Crippen LogP contribution in [0.25, 0.3) is 0 Å². The van der Waals surface area contributed by atoms with Crippen LogP contribution in [0.4, 0.5) is 0 Å². The lowest BCUT2D eigenvalue weighted by Crippen LogP contribution is -2.52. The van der Waals surface area contributed by atoms with E-state index in [0.29, 0.717) is 29.1 Å². The van der Waals surface area contributed by atoms with Gasteiger partial charge in [0.25, 0.3) is 0 Å². The third-order valence-corrected chi connectivity index (χ3v) is 6.67. The molecule has 0 amide bonds. The normalized spacial score (nSPS) is 38.1. The fraction of sp³-hybridized carbons (Fsp3) is 0.850. The van der Waals surface area contributed by atoms with Gasteiger partial charge in [0.1, 0.15) is 6.10 Å². The van der Waals surface area contributed by atoms with Gasteiger partial charge in [0.2, 0.25) is 0 Å². The number of rotatable bonds is 3. The first-order chi connectivity index (χ1) is 10.2. The van der Waals surface area contributed by atoms with E-state index in [-0.39, 0.29) is 5.78 Å². The molecular formula is C20H34O2. The first kappa shape index (κ1) is 19.2. The van der Waals surface area contributed by atoms with Crippen molar-refractivity contribution in [3.63, 3.8) is 0 Å². The van der Waals surface area contributed by atoms with Gasteiger partial charge in [0, 0.05) is 0 Å². The second-order valence-corrected chi connectivity index (χ2v) is 8.42. The lowest BCUT2D eigenvalue weighted by atomic mass is 9.46. The first-order valence-corrected chi connectivity index (χ1v) is 8.70. The monoisotopic (exact) mass is 306 g/mol. The number of fused-ring (bicyclic) bond motifs is 1. The Morgan fingerprint density at radius 2 is 1.82 bits per heavy atom. The summed E-state index contributed by atoms with van der Waals surface area (Å²) >= 11 is 0. The van der Waals surface area contributed by atoms with Gasteiger partial charge in [-0.05, 0) is 61.2 Å². The predicted octanol–water partition coefficient (Wildman–Crippen LogP) is 4.45. The van der Waals surface area contributed by atoms with Crippen molar-refractivity contribution in [1.82, 2.24) is 0 Å². The van der Waals surface area contributed by atoms with Crippen molar-refractivity contribution in [3.8, 4) is 12.8 Å². The lowest BCUT2D eigenvalue weighted by Gasteiger charge is -2.59. The summed E-state index contributed by atoms with van der Waals surface area (Å²) in [5.41, 5.74) is 0.711. The third-order valence-electron chi connectivity index (χ3n) is 6.67. The maximum Gasteiger partial charge on any atom is 0.158 e. The smallest absolute Gasteiger partial charge is 0.158 e. The molecule has 0 bridgehead atoms. The van der Waals surface area contributed by atoms with Crippen LogP contribution in [0.1, 0.15) is 73.1 Å². The van der Waals surface area contributed by atoms with Gasteiger partial charge in [0.05, 0.1) is 0 Å². The number of ketones is 1. The molecule has 1 N–H and O–H groups in total. The molecule has 0 aromatic heterocycles. The van der Waals surface area contributed by atoms with Gasteiger partial charge < -0.3 is 5.11 Å². The first-order valence-electron chi connectivity index (χ1n) is 8.70. The molecule has 2 saturated carbocycles.